The Balaban J connectivity index is 3.25. The first-order valence-corrected chi connectivity index (χ1v) is 3.32. The Morgan fingerprint density at radius 3 is 2.64 bits per heavy atom. The lowest BCUT2D eigenvalue weighted by atomic mass is 10.2. The van der Waals surface area contributed by atoms with E-state index >= 15 is 0 Å². The predicted octanol–water partition coefficient (Wildman–Crippen LogP) is 0.746. The smallest absolute Gasteiger partial charge is 0.297 e. The van der Waals surface area contributed by atoms with Gasteiger partial charge in [-0.3, -0.25) is 0 Å². The van der Waals surface area contributed by atoms with Crippen LogP contribution in [-0.4, -0.2) is 7.11 Å². The summed E-state index contributed by atoms with van der Waals surface area (Å²) in [4.78, 5) is 0. The molecule has 0 bridgehead atoms. The van der Waals surface area contributed by atoms with E-state index in [-0.39, 0.29) is 0 Å². The Labute approximate surface area is 65.8 Å². The van der Waals surface area contributed by atoms with Crippen LogP contribution in [0.4, 0.5) is 0 Å². The summed E-state index contributed by atoms with van der Waals surface area (Å²) >= 11 is 0. The van der Waals surface area contributed by atoms with Crippen LogP contribution >= 0.6 is 0 Å². The summed E-state index contributed by atoms with van der Waals surface area (Å²) in [7, 11) is 1.58. The summed E-state index contributed by atoms with van der Waals surface area (Å²) in [5, 5.41) is 10.8. The molecule has 1 rings (SSSR count). The summed E-state index contributed by atoms with van der Waals surface area (Å²) in [6.07, 6.45) is 4.00. The van der Waals surface area contributed by atoms with E-state index < -0.39 is 0 Å². The molecule has 1 aromatic heterocycles. The summed E-state index contributed by atoms with van der Waals surface area (Å²) in [5.74, 6) is 0.733. The topological polar surface area (TPSA) is 36.2 Å². The fraction of sp³-hybridized carbons (Fsp3) is 0.375. The van der Waals surface area contributed by atoms with Gasteiger partial charge in [-0.25, -0.2) is 0 Å². The minimum Gasteiger partial charge on any atom is -0.618 e. The van der Waals surface area contributed by atoms with E-state index in [1.165, 1.54) is 6.20 Å². The van der Waals surface area contributed by atoms with Crippen LogP contribution in [0, 0.1) is 25.3 Å². The first kappa shape index (κ1) is 7.85. The highest BCUT2D eigenvalue weighted by Crippen LogP contribution is 2.18. The summed E-state index contributed by atoms with van der Waals surface area (Å²) in [5.41, 5.74) is 1.57. The zero-order valence-electron chi connectivity index (χ0n) is 6.84. The molecule has 1 radical (unpaired) electrons. The Morgan fingerprint density at radius 2 is 2.18 bits per heavy atom. The van der Waals surface area contributed by atoms with E-state index in [1.807, 2.05) is 6.92 Å². The molecule has 0 aromatic carbocycles. The average molecular weight is 152 g/mol. The molecule has 3 heteroatoms. The molecular weight excluding hydrogens is 142 g/mol. The molecule has 0 saturated carbocycles. The lowest BCUT2D eigenvalue weighted by Crippen LogP contribution is -2.26. The van der Waals surface area contributed by atoms with Crippen LogP contribution in [0.15, 0.2) is 6.20 Å². The summed E-state index contributed by atoms with van der Waals surface area (Å²) in [6, 6.07) is 0. The third-order valence-electron chi connectivity index (χ3n) is 1.49. The molecule has 0 aliphatic carbocycles. The van der Waals surface area contributed by atoms with Gasteiger partial charge in [-0.15, -0.1) is 0 Å². The van der Waals surface area contributed by atoms with E-state index in [4.69, 9.17) is 4.74 Å². The van der Waals surface area contributed by atoms with Crippen molar-refractivity contribution in [3.05, 3.63) is 28.7 Å². The van der Waals surface area contributed by atoms with Crippen LogP contribution in [0.3, 0.4) is 0 Å². The molecule has 0 N–H and O–H groups in total. The number of methoxy groups -OCH3 is 1. The standard InChI is InChI=1S/C8H10NO2/c1-6-4-9(10)5-7(2)8(6)11-3/h4H,1-3H3. The van der Waals surface area contributed by atoms with Gasteiger partial charge in [0.25, 0.3) is 6.20 Å². The van der Waals surface area contributed by atoms with Crippen molar-refractivity contribution in [3.63, 3.8) is 0 Å². The van der Waals surface area contributed by atoms with Gasteiger partial charge >= 0.3 is 0 Å². The third kappa shape index (κ3) is 1.42. The number of rotatable bonds is 1. The molecule has 59 valence electrons. The lowest BCUT2D eigenvalue weighted by Gasteiger charge is -2.05. The van der Waals surface area contributed by atoms with Gasteiger partial charge in [-0.2, -0.15) is 4.73 Å². The highest BCUT2D eigenvalue weighted by Gasteiger charge is 2.07. The summed E-state index contributed by atoms with van der Waals surface area (Å²) in [6.45, 7) is 3.62. The number of pyridine rings is 1. The van der Waals surface area contributed by atoms with Crippen molar-refractivity contribution in [3.8, 4) is 5.75 Å². The molecule has 11 heavy (non-hydrogen) atoms. The van der Waals surface area contributed by atoms with Gasteiger partial charge in [-0.1, -0.05) is 0 Å². The number of hydrogen-bond acceptors (Lipinski definition) is 2. The normalized spacial score (nSPS) is 9.73. The van der Waals surface area contributed by atoms with Crippen molar-refractivity contribution in [1.29, 1.82) is 0 Å². The van der Waals surface area contributed by atoms with Crippen molar-refractivity contribution in [2.24, 2.45) is 0 Å². The van der Waals surface area contributed by atoms with E-state index in [0.29, 0.717) is 4.73 Å². The second-order valence-corrected chi connectivity index (χ2v) is 2.41. The molecule has 0 aliphatic heterocycles. The second kappa shape index (κ2) is 2.78. The third-order valence-corrected chi connectivity index (χ3v) is 1.49. The molecule has 1 aromatic rings. The number of aromatic nitrogens is 1. The highest BCUT2D eigenvalue weighted by atomic mass is 16.5. The quantitative estimate of drug-likeness (QED) is 0.439. The molecule has 0 fully saturated rings. The van der Waals surface area contributed by atoms with Gasteiger partial charge < -0.3 is 9.94 Å². The van der Waals surface area contributed by atoms with Gasteiger partial charge in [0.2, 0.25) is 0 Å². The fourth-order valence-corrected chi connectivity index (χ4v) is 1.09. The number of ether oxygens (including phenoxy) is 1. The monoisotopic (exact) mass is 152 g/mol. The van der Waals surface area contributed by atoms with Crippen molar-refractivity contribution >= 4 is 0 Å². The number of aryl methyl sites for hydroxylation is 2. The van der Waals surface area contributed by atoms with Crippen LogP contribution in [0.2, 0.25) is 0 Å². The van der Waals surface area contributed by atoms with Gasteiger partial charge in [0.15, 0.2) is 6.20 Å². The molecule has 0 saturated heterocycles. The second-order valence-electron chi connectivity index (χ2n) is 2.41. The molecule has 3 nitrogen and oxygen atoms in total. The van der Waals surface area contributed by atoms with Crippen LogP contribution < -0.4 is 9.47 Å². The van der Waals surface area contributed by atoms with Crippen molar-refractivity contribution in [1.82, 2.24) is 0 Å². The Hall–Kier alpha value is -1.25. The van der Waals surface area contributed by atoms with E-state index in [9.17, 15) is 5.21 Å². The largest absolute Gasteiger partial charge is 0.618 e. The predicted molar refractivity (Wildman–Crippen MR) is 40.3 cm³/mol. The molecule has 0 spiro atoms. The molecule has 0 aliphatic rings. The fourth-order valence-electron chi connectivity index (χ4n) is 1.09. The van der Waals surface area contributed by atoms with Crippen molar-refractivity contribution in [2.45, 2.75) is 13.8 Å². The molecule has 1 heterocycles. The maximum atomic E-state index is 10.8. The first-order chi connectivity index (χ1) is 5.15. The molecule has 0 unspecified atom stereocenters. The van der Waals surface area contributed by atoms with Gasteiger partial charge in [-0.05, 0) is 13.8 Å². The van der Waals surface area contributed by atoms with E-state index in [0.717, 1.165) is 16.9 Å². The first-order valence-electron chi connectivity index (χ1n) is 3.32. The van der Waals surface area contributed by atoms with E-state index in [2.05, 4.69) is 6.20 Å². The average Bonchev–Trinajstić information content (AvgIpc) is 1.85. The molecular formula is C8H10NO2. The van der Waals surface area contributed by atoms with Crippen molar-refractivity contribution in [2.75, 3.05) is 7.11 Å². The zero-order chi connectivity index (χ0) is 8.43. The maximum absolute atomic E-state index is 10.8. The Morgan fingerprint density at radius 1 is 1.55 bits per heavy atom. The van der Waals surface area contributed by atoms with Crippen LogP contribution in [0.1, 0.15) is 11.1 Å². The van der Waals surface area contributed by atoms with Crippen LogP contribution in [0.25, 0.3) is 0 Å². The minimum absolute atomic E-state index is 0.660. The Kier molecular flexibility index (Phi) is 1.98. The molecule has 0 amide bonds. The minimum atomic E-state index is 0.660. The zero-order valence-corrected chi connectivity index (χ0v) is 6.84. The van der Waals surface area contributed by atoms with Gasteiger partial charge in [0, 0.05) is 0 Å². The van der Waals surface area contributed by atoms with Gasteiger partial charge in [0.1, 0.15) is 5.75 Å². The van der Waals surface area contributed by atoms with Crippen molar-refractivity contribution < 1.29 is 9.47 Å². The van der Waals surface area contributed by atoms with Crippen LogP contribution in [-0.2, 0) is 0 Å². The number of hydrogen-bond donors (Lipinski definition) is 0. The Bertz CT molecular complexity index is 248. The molecule has 0 atom stereocenters. The summed E-state index contributed by atoms with van der Waals surface area (Å²) < 4.78 is 5.71. The SMILES string of the molecule is COc1c(C)[c][n+]([O-])cc1C. The highest BCUT2D eigenvalue weighted by molar-refractivity contribution is 5.34. The van der Waals surface area contributed by atoms with Gasteiger partial charge in [0.05, 0.1) is 18.2 Å². The van der Waals surface area contributed by atoms with E-state index in [1.54, 1.807) is 14.0 Å². The number of nitrogens with zero attached hydrogens (tertiary/aromatic N) is 1. The lowest BCUT2D eigenvalue weighted by molar-refractivity contribution is -0.610. The maximum Gasteiger partial charge on any atom is 0.297 e. The van der Waals surface area contributed by atoms with Crippen LogP contribution in [0.5, 0.6) is 5.75 Å².